The number of hydrogen-bond donors (Lipinski definition) is 1. The maximum Gasteiger partial charge on any atom is 0.230 e. The highest BCUT2D eigenvalue weighted by molar-refractivity contribution is 7.92. The van der Waals surface area contributed by atoms with E-state index < -0.39 is 15.8 Å². The summed E-state index contributed by atoms with van der Waals surface area (Å²) in [6, 6.07) is 18.4. The molecule has 9 heteroatoms. The quantitative estimate of drug-likeness (QED) is 0.420. The van der Waals surface area contributed by atoms with Crippen molar-refractivity contribution in [1.82, 2.24) is 0 Å². The molecule has 0 unspecified atom stereocenters. The minimum Gasteiger partial charge on any atom is -0.312 e. The molecule has 0 spiro atoms. The molecule has 1 saturated heterocycles. The first kappa shape index (κ1) is 25.9. The van der Waals surface area contributed by atoms with Crippen LogP contribution in [0.5, 0.6) is 0 Å². The molecular weight excluding hydrogens is 503 g/mol. The predicted octanol–water partition coefficient (Wildman–Crippen LogP) is 5.46. The predicted molar refractivity (Wildman–Crippen MR) is 140 cm³/mol. The van der Waals surface area contributed by atoms with Crippen LogP contribution < -0.4 is 9.62 Å². The summed E-state index contributed by atoms with van der Waals surface area (Å²) in [7, 11) is -3.68. The second kappa shape index (κ2) is 10.8. The first-order chi connectivity index (χ1) is 17.1. The molecule has 1 atom stereocenters. The molecular formula is C27H26ClFN2O4S. The molecule has 0 aliphatic carbocycles. The molecule has 1 heterocycles. The van der Waals surface area contributed by atoms with Gasteiger partial charge in [-0.25, -0.2) is 12.8 Å². The van der Waals surface area contributed by atoms with E-state index in [9.17, 15) is 22.4 Å². The van der Waals surface area contributed by atoms with Crippen LogP contribution in [-0.2, 0) is 26.0 Å². The molecule has 3 aromatic carbocycles. The number of piperidine rings is 1. The van der Waals surface area contributed by atoms with Crippen LogP contribution in [0.25, 0.3) is 11.1 Å². The van der Waals surface area contributed by atoms with Crippen molar-refractivity contribution in [2.75, 3.05) is 22.4 Å². The van der Waals surface area contributed by atoms with Gasteiger partial charge in [0, 0.05) is 41.6 Å². The first-order valence-electron chi connectivity index (χ1n) is 11.5. The molecule has 1 N–H and O–H groups in total. The summed E-state index contributed by atoms with van der Waals surface area (Å²) < 4.78 is 40.0. The number of Topliss-reactive ketones (excluding diaryl/α,β-unsaturated/α-hetero) is 1. The molecule has 0 aromatic heterocycles. The van der Waals surface area contributed by atoms with Crippen LogP contribution in [0.3, 0.4) is 0 Å². The van der Waals surface area contributed by atoms with Crippen LogP contribution in [0, 0.1) is 11.7 Å². The second-order valence-corrected chi connectivity index (χ2v) is 11.1. The van der Waals surface area contributed by atoms with Crippen LogP contribution in [-0.4, -0.2) is 32.9 Å². The molecule has 1 aliphatic heterocycles. The summed E-state index contributed by atoms with van der Waals surface area (Å²) >= 11 is 5.90. The number of halogens is 2. The van der Waals surface area contributed by atoms with Crippen molar-refractivity contribution >= 4 is 44.7 Å². The number of carbonyl (C=O) groups is 2. The molecule has 0 saturated carbocycles. The Balaban J connectivity index is 1.48. The molecule has 1 fully saturated rings. The smallest absolute Gasteiger partial charge is 0.230 e. The fourth-order valence-electron chi connectivity index (χ4n) is 4.45. The van der Waals surface area contributed by atoms with Gasteiger partial charge in [0.05, 0.1) is 11.9 Å². The van der Waals surface area contributed by atoms with Gasteiger partial charge in [0.2, 0.25) is 15.9 Å². The largest absolute Gasteiger partial charge is 0.312 e. The minimum atomic E-state index is -3.68. The van der Waals surface area contributed by atoms with E-state index in [1.165, 1.54) is 12.1 Å². The van der Waals surface area contributed by atoms with Crippen LogP contribution in [0.1, 0.15) is 24.8 Å². The molecule has 0 bridgehead atoms. The topological polar surface area (TPSA) is 83.6 Å². The number of nitrogens with one attached hydrogen (secondary N) is 1. The molecule has 6 nitrogen and oxygen atoms in total. The normalized spacial score (nSPS) is 16.1. The third kappa shape index (κ3) is 6.30. The number of para-hydroxylation sites is 1. The molecule has 0 radical (unpaired) electrons. The zero-order valence-corrected chi connectivity index (χ0v) is 21.3. The lowest BCUT2D eigenvalue weighted by molar-refractivity contribution is -0.128. The minimum absolute atomic E-state index is 0.00452. The van der Waals surface area contributed by atoms with E-state index in [-0.39, 0.29) is 36.1 Å². The average molecular weight is 529 g/mol. The van der Waals surface area contributed by atoms with E-state index in [0.717, 1.165) is 18.2 Å². The fraction of sp³-hybridized carbons (Fsp3) is 0.259. The number of benzene rings is 3. The van der Waals surface area contributed by atoms with Crippen molar-refractivity contribution in [3.8, 4) is 11.1 Å². The zero-order valence-electron chi connectivity index (χ0n) is 19.7. The summed E-state index contributed by atoms with van der Waals surface area (Å²) in [4.78, 5) is 27.5. The monoisotopic (exact) mass is 528 g/mol. The summed E-state index contributed by atoms with van der Waals surface area (Å²) in [6.07, 6.45) is 2.83. The Morgan fingerprint density at radius 1 is 1.08 bits per heavy atom. The van der Waals surface area contributed by atoms with Gasteiger partial charge in [-0.1, -0.05) is 48.0 Å². The zero-order chi connectivity index (χ0) is 25.9. The lowest BCUT2D eigenvalue weighted by Gasteiger charge is -2.32. The number of anilines is 2. The van der Waals surface area contributed by atoms with Crippen molar-refractivity contribution in [2.45, 2.75) is 25.7 Å². The fourth-order valence-corrected chi connectivity index (χ4v) is 5.15. The standard InChI is InChI=1S/C27H26ClFN2O4S/c1-36(34,35)30-26-24(5-2-6-25(26)29)19-9-13-22(14-10-19)31-15-3-4-20(27(31)33)17-23(32)16-18-7-11-21(28)12-8-18/h2,5-14,20,30H,3-4,15-17H2,1H3/t20-/m0/s1. The van der Waals surface area contributed by atoms with Gasteiger partial charge in [-0.2, -0.15) is 0 Å². The Hall–Kier alpha value is -3.23. The number of hydrogen-bond acceptors (Lipinski definition) is 4. The van der Waals surface area contributed by atoms with Crippen LogP contribution in [0.2, 0.25) is 5.02 Å². The van der Waals surface area contributed by atoms with E-state index in [2.05, 4.69) is 4.72 Å². The van der Waals surface area contributed by atoms with Crippen molar-refractivity contribution in [1.29, 1.82) is 0 Å². The molecule has 188 valence electrons. The Kier molecular flexibility index (Phi) is 7.76. The lowest BCUT2D eigenvalue weighted by atomic mass is 9.90. The molecule has 1 amide bonds. The van der Waals surface area contributed by atoms with E-state index in [1.807, 2.05) is 12.1 Å². The lowest BCUT2D eigenvalue weighted by Crippen LogP contribution is -2.42. The van der Waals surface area contributed by atoms with Crippen LogP contribution >= 0.6 is 11.6 Å². The van der Waals surface area contributed by atoms with Gasteiger partial charge in [-0.3, -0.25) is 14.3 Å². The van der Waals surface area contributed by atoms with Gasteiger partial charge in [0.25, 0.3) is 0 Å². The summed E-state index contributed by atoms with van der Waals surface area (Å²) in [5, 5.41) is 0.607. The number of rotatable bonds is 8. The van der Waals surface area contributed by atoms with Gasteiger partial charge in [0.1, 0.15) is 11.6 Å². The second-order valence-electron chi connectivity index (χ2n) is 8.96. The van der Waals surface area contributed by atoms with Crippen molar-refractivity contribution in [3.05, 3.63) is 83.1 Å². The maximum absolute atomic E-state index is 14.4. The van der Waals surface area contributed by atoms with Crippen molar-refractivity contribution in [3.63, 3.8) is 0 Å². The van der Waals surface area contributed by atoms with Gasteiger partial charge in [0.15, 0.2) is 0 Å². The number of carbonyl (C=O) groups excluding carboxylic acids is 2. The molecule has 4 rings (SSSR count). The summed E-state index contributed by atoms with van der Waals surface area (Å²) in [6.45, 7) is 0.543. The van der Waals surface area contributed by atoms with Crippen molar-refractivity contribution < 1.29 is 22.4 Å². The van der Waals surface area contributed by atoms with E-state index in [1.54, 1.807) is 47.4 Å². The Morgan fingerprint density at radius 2 is 1.78 bits per heavy atom. The SMILES string of the molecule is CS(=O)(=O)Nc1c(F)cccc1-c1ccc(N2CCC[C@@H](CC(=O)Cc3ccc(Cl)cc3)C2=O)cc1. The van der Waals surface area contributed by atoms with Gasteiger partial charge in [-0.05, 0) is 54.3 Å². The highest BCUT2D eigenvalue weighted by atomic mass is 35.5. The van der Waals surface area contributed by atoms with Gasteiger partial charge in [-0.15, -0.1) is 0 Å². The van der Waals surface area contributed by atoms with Crippen molar-refractivity contribution in [2.24, 2.45) is 5.92 Å². The third-order valence-corrected chi connectivity index (χ3v) is 6.96. The highest BCUT2D eigenvalue weighted by Crippen LogP contribution is 2.33. The van der Waals surface area contributed by atoms with E-state index in [4.69, 9.17) is 11.6 Å². The summed E-state index contributed by atoms with van der Waals surface area (Å²) in [5.74, 6) is -1.15. The summed E-state index contributed by atoms with van der Waals surface area (Å²) in [5.41, 5.74) is 2.40. The number of nitrogens with zero attached hydrogens (tertiary/aromatic N) is 1. The van der Waals surface area contributed by atoms with Gasteiger partial charge < -0.3 is 4.90 Å². The number of sulfonamides is 1. The van der Waals surface area contributed by atoms with E-state index in [0.29, 0.717) is 34.8 Å². The number of ketones is 1. The Morgan fingerprint density at radius 3 is 2.44 bits per heavy atom. The average Bonchev–Trinajstić information content (AvgIpc) is 2.83. The maximum atomic E-state index is 14.4. The third-order valence-electron chi connectivity index (χ3n) is 6.13. The van der Waals surface area contributed by atoms with E-state index >= 15 is 0 Å². The Bertz CT molecular complexity index is 1380. The Labute approximate surface area is 215 Å². The molecule has 1 aliphatic rings. The molecule has 36 heavy (non-hydrogen) atoms. The van der Waals surface area contributed by atoms with Crippen LogP contribution in [0.15, 0.2) is 66.7 Å². The first-order valence-corrected chi connectivity index (χ1v) is 13.8. The number of amides is 1. The van der Waals surface area contributed by atoms with Gasteiger partial charge >= 0.3 is 0 Å². The molecule has 3 aromatic rings. The highest BCUT2D eigenvalue weighted by Gasteiger charge is 2.31. The van der Waals surface area contributed by atoms with Crippen LogP contribution in [0.4, 0.5) is 15.8 Å².